The first-order valence-corrected chi connectivity index (χ1v) is 5.73. The maximum Gasteiger partial charge on any atom is 0.134 e. The maximum absolute atomic E-state index is 14.2. The van der Waals surface area contributed by atoms with Gasteiger partial charge in [0.2, 0.25) is 0 Å². The van der Waals surface area contributed by atoms with Gasteiger partial charge in [0, 0.05) is 11.1 Å². The van der Waals surface area contributed by atoms with Crippen molar-refractivity contribution < 1.29 is 8.78 Å². The average Bonchev–Trinajstić information content (AvgIpc) is 2.14. The quantitative estimate of drug-likeness (QED) is 0.820. The molecule has 0 bridgehead atoms. The molecule has 1 aliphatic rings. The zero-order chi connectivity index (χ0) is 11.9. The van der Waals surface area contributed by atoms with Crippen molar-refractivity contribution in [3.8, 4) is 0 Å². The van der Waals surface area contributed by atoms with E-state index in [1.54, 1.807) is 0 Å². The first-order valence-electron chi connectivity index (χ1n) is 5.73. The van der Waals surface area contributed by atoms with E-state index < -0.39 is 17.2 Å². The first kappa shape index (κ1) is 11.5. The van der Waals surface area contributed by atoms with Crippen LogP contribution in [0, 0.1) is 11.6 Å². The molecule has 1 fully saturated rings. The van der Waals surface area contributed by atoms with Crippen molar-refractivity contribution >= 4 is 0 Å². The molecule has 0 amide bonds. The molecule has 1 saturated carbocycles. The molecule has 0 radical (unpaired) electrons. The molecule has 2 N–H and O–H groups in total. The SMILES string of the molecule is CC(C)c1ccc(F)c(C2(N)CCC2)c1F. The number of rotatable bonds is 2. The highest BCUT2D eigenvalue weighted by Crippen LogP contribution is 2.42. The van der Waals surface area contributed by atoms with Gasteiger partial charge in [-0.05, 0) is 36.8 Å². The Balaban J connectivity index is 2.55. The third-order valence-corrected chi connectivity index (χ3v) is 3.49. The van der Waals surface area contributed by atoms with E-state index in [0.717, 1.165) is 6.42 Å². The molecule has 88 valence electrons. The van der Waals surface area contributed by atoms with E-state index >= 15 is 0 Å². The largest absolute Gasteiger partial charge is 0.321 e. The minimum atomic E-state index is -0.779. The number of hydrogen-bond donors (Lipinski definition) is 1. The van der Waals surface area contributed by atoms with E-state index in [4.69, 9.17) is 5.73 Å². The predicted molar refractivity (Wildman–Crippen MR) is 60.2 cm³/mol. The van der Waals surface area contributed by atoms with Gasteiger partial charge in [0.15, 0.2) is 0 Å². The van der Waals surface area contributed by atoms with Crippen LogP contribution in [-0.2, 0) is 5.54 Å². The van der Waals surface area contributed by atoms with Crippen molar-refractivity contribution in [3.63, 3.8) is 0 Å². The van der Waals surface area contributed by atoms with Crippen LogP contribution in [0.15, 0.2) is 12.1 Å². The molecule has 0 aliphatic heterocycles. The van der Waals surface area contributed by atoms with Gasteiger partial charge in [-0.2, -0.15) is 0 Å². The normalized spacial score (nSPS) is 18.6. The van der Waals surface area contributed by atoms with Crippen molar-refractivity contribution in [2.75, 3.05) is 0 Å². The summed E-state index contributed by atoms with van der Waals surface area (Å²) in [6.07, 6.45) is 2.28. The minimum absolute atomic E-state index is 0.0445. The number of halogens is 2. The lowest BCUT2D eigenvalue weighted by Crippen LogP contribution is -2.45. The maximum atomic E-state index is 14.2. The third-order valence-electron chi connectivity index (χ3n) is 3.49. The predicted octanol–water partition coefficient (Wildman–Crippen LogP) is 3.43. The highest BCUT2D eigenvalue weighted by atomic mass is 19.1. The summed E-state index contributed by atoms with van der Waals surface area (Å²) in [6, 6.07) is 2.85. The Hall–Kier alpha value is -0.960. The molecule has 0 atom stereocenters. The smallest absolute Gasteiger partial charge is 0.134 e. The number of nitrogens with two attached hydrogens (primary N) is 1. The Morgan fingerprint density at radius 2 is 1.88 bits per heavy atom. The zero-order valence-corrected chi connectivity index (χ0v) is 9.69. The second-order valence-electron chi connectivity index (χ2n) is 4.99. The molecule has 0 spiro atoms. The van der Waals surface area contributed by atoms with Gasteiger partial charge in [-0.25, -0.2) is 8.78 Å². The fraction of sp³-hybridized carbons (Fsp3) is 0.538. The fourth-order valence-corrected chi connectivity index (χ4v) is 2.28. The number of hydrogen-bond acceptors (Lipinski definition) is 1. The summed E-state index contributed by atoms with van der Waals surface area (Å²) >= 11 is 0. The highest BCUT2D eigenvalue weighted by molar-refractivity contribution is 5.35. The van der Waals surface area contributed by atoms with Gasteiger partial charge >= 0.3 is 0 Å². The minimum Gasteiger partial charge on any atom is -0.321 e. The molecule has 0 unspecified atom stereocenters. The van der Waals surface area contributed by atoms with Crippen molar-refractivity contribution in [2.45, 2.75) is 44.6 Å². The standard InChI is InChI=1S/C13H17F2N/c1-8(2)9-4-5-10(14)11(12(9)15)13(16)6-3-7-13/h4-5,8H,3,6-7,16H2,1-2H3. The van der Waals surface area contributed by atoms with Crippen molar-refractivity contribution in [3.05, 3.63) is 34.9 Å². The lowest BCUT2D eigenvalue weighted by molar-refractivity contribution is 0.235. The molecule has 0 aromatic heterocycles. The Kier molecular flexibility index (Phi) is 2.74. The molecule has 1 aromatic carbocycles. The zero-order valence-electron chi connectivity index (χ0n) is 9.69. The van der Waals surface area contributed by atoms with Crippen LogP contribution in [0.2, 0.25) is 0 Å². The molecule has 0 heterocycles. The van der Waals surface area contributed by atoms with E-state index in [1.807, 2.05) is 13.8 Å². The van der Waals surface area contributed by atoms with Crippen LogP contribution in [-0.4, -0.2) is 0 Å². The lowest BCUT2D eigenvalue weighted by Gasteiger charge is -2.39. The molecule has 16 heavy (non-hydrogen) atoms. The summed E-state index contributed by atoms with van der Waals surface area (Å²) in [5.41, 5.74) is 5.87. The van der Waals surface area contributed by atoms with Gasteiger partial charge in [0.25, 0.3) is 0 Å². The van der Waals surface area contributed by atoms with E-state index in [2.05, 4.69) is 0 Å². The summed E-state index contributed by atoms with van der Waals surface area (Å²) in [4.78, 5) is 0. The van der Waals surface area contributed by atoms with Crippen molar-refractivity contribution in [2.24, 2.45) is 5.73 Å². The molecule has 1 aromatic rings. The van der Waals surface area contributed by atoms with Crippen LogP contribution < -0.4 is 5.73 Å². The Morgan fingerprint density at radius 1 is 1.25 bits per heavy atom. The van der Waals surface area contributed by atoms with Gasteiger partial charge in [0.1, 0.15) is 11.6 Å². The lowest BCUT2D eigenvalue weighted by atomic mass is 9.71. The highest BCUT2D eigenvalue weighted by Gasteiger charge is 2.39. The van der Waals surface area contributed by atoms with Crippen LogP contribution in [0.5, 0.6) is 0 Å². The monoisotopic (exact) mass is 225 g/mol. The Bertz CT molecular complexity index is 409. The van der Waals surface area contributed by atoms with E-state index in [1.165, 1.54) is 12.1 Å². The van der Waals surface area contributed by atoms with E-state index in [-0.39, 0.29) is 11.5 Å². The Morgan fingerprint density at radius 3 is 2.31 bits per heavy atom. The van der Waals surface area contributed by atoms with Crippen molar-refractivity contribution in [1.29, 1.82) is 0 Å². The van der Waals surface area contributed by atoms with Crippen LogP contribution in [0.1, 0.15) is 50.2 Å². The summed E-state index contributed by atoms with van der Waals surface area (Å²) in [5.74, 6) is -0.913. The van der Waals surface area contributed by atoms with Crippen LogP contribution in [0.25, 0.3) is 0 Å². The molecule has 1 aliphatic carbocycles. The summed E-state index contributed by atoms with van der Waals surface area (Å²) in [5, 5.41) is 0. The molecule has 1 nitrogen and oxygen atoms in total. The third kappa shape index (κ3) is 1.63. The van der Waals surface area contributed by atoms with Crippen LogP contribution in [0.3, 0.4) is 0 Å². The van der Waals surface area contributed by atoms with E-state index in [9.17, 15) is 8.78 Å². The molecule has 0 saturated heterocycles. The second-order valence-corrected chi connectivity index (χ2v) is 4.99. The van der Waals surface area contributed by atoms with Crippen LogP contribution in [0.4, 0.5) is 8.78 Å². The average molecular weight is 225 g/mol. The van der Waals surface area contributed by atoms with Gasteiger partial charge in [-0.1, -0.05) is 19.9 Å². The first-order chi connectivity index (χ1) is 7.46. The molecular formula is C13H17F2N. The molecule has 3 heteroatoms. The summed E-state index contributed by atoms with van der Waals surface area (Å²) in [6.45, 7) is 3.79. The summed E-state index contributed by atoms with van der Waals surface area (Å²) in [7, 11) is 0. The van der Waals surface area contributed by atoms with Gasteiger partial charge < -0.3 is 5.73 Å². The van der Waals surface area contributed by atoms with Gasteiger partial charge in [-0.15, -0.1) is 0 Å². The fourth-order valence-electron chi connectivity index (χ4n) is 2.28. The van der Waals surface area contributed by atoms with Gasteiger partial charge in [-0.3, -0.25) is 0 Å². The van der Waals surface area contributed by atoms with Crippen molar-refractivity contribution in [1.82, 2.24) is 0 Å². The molecule has 2 rings (SSSR count). The molecular weight excluding hydrogens is 208 g/mol. The van der Waals surface area contributed by atoms with Crippen LogP contribution >= 0.6 is 0 Å². The van der Waals surface area contributed by atoms with Gasteiger partial charge in [0.05, 0.1) is 0 Å². The number of benzene rings is 1. The topological polar surface area (TPSA) is 26.0 Å². The second kappa shape index (κ2) is 3.81. The van der Waals surface area contributed by atoms with E-state index in [0.29, 0.717) is 18.4 Å². The Labute approximate surface area is 94.7 Å². The summed E-state index contributed by atoms with van der Waals surface area (Å²) < 4.78 is 27.9.